The van der Waals surface area contributed by atoms with E-state index in [2.05, 4.69) is 20.3 Å². The van der Waals surface area contributed by atoms with E-state index in [1.54, 1.807) is 12.4 Å². The van der Waals surface area contributed by atoms with E-state index in [1.165, 1.54) is 0 Å². The monoisotopic (exact) mass is 347 g/mol. The maximum Gasteiger partial charge on any atom is 0.223 e. The lowest BCUT2D eigenvalue weighted by atomic mass is 9.96. The summed E-state index contributed by atoms with van der Waals surface area (Å²) in [5.74, 6) is 0.239. The van der Waals surface area contributed by atoms with Crippen molar-refractivity contribution in [1.82, 2.24) is 25.0 Å². The maximum absolute atomic E-state index is 12.3. The van der Waals surface area contributed by atoms with Crippen LogP contribution in [-0.2, 0) is 17.9 Å². The third kappa shape index (κ3) is 4.79. The van der Waals surface area contributed by atoms with Gasteiger partial charge in [0.2, 0.25) is 5.91 Å². The van der Waals surface area contributed by atoms with Crippen LogP contribution in [0.5, 0.6) is 0 Å². The number of carbonyl (C=O) groups is 1. The summed E-state index contributed by atoms with van der Waals surface area (Å²) in [5, 5.41) is 7.84. The SMILES string of the molecule is O=C(NCc1ccccn1)C1CCN(CCn2cc(Cl)cn2)CC1. The smallest absolute Gasteiger partial charge is 0.223 e. The first-order chi connectivity index (χ1) is 11.7. The van der Waals surface area contributed by atoms with Gasteiger partial charge in [0.05, 0.1) is 30.0 Å². The number of rotatable bonds is 6. The van der Waals surface area contributed by atoms with E-state index in [4.69, 9.17) is 11.6 Å². The van der Waals surface area contributed by atoms with E-state index in [9.17, 15) is 4.79 Å². The molecule has 0 atom stereocenters. The minimum absolute atomic E-state index is 0.101. The van der Waals surface area contributed by atoms with Crippen molar-refractivity contribution >= 4 is 17.5 Å². The van der Waals surface area contributed by atoms with Gasteiger partial charge >= 0.3 is 0 Å². The molecule has 1 aliphatic heterocycles. The number of nitrogens with zero attached hydrogens (tertiary/aromatic N) is 4. The van der Waals surface area contributed by atoms with Gasteiger partial charge in [0.1, 0.15) is 0 Å². The van der Waals surface area contributed by atoms with Gasteiger partial charge in [-0.25, -0.2) is 0 Å². The van der Waals surface area contributed by atoms with E-state index in [-0.39, 0.29) is 11.8 Å². The van der Waals surface area contributed by atoms with Crippen molar-refractivity contribution in [2.75, 3.05) is 19.6 Å². The quantitative estimate of drug-likeness (QED) is 0.867. The molecule has 0 bridgehead atoms. The minimum atomic E-state index is 0.101. The highest BCUT2D eigenvalue weighted by Crippen LogP contribution is 2.17. The molecule has 1 amide bonds. The Bertz CT molecular complexity index is 652. The number of likely N-dealkylation sites (tertiary alicyclic amines) is 1. The Hall–Kier alpha value is -1.92. The van der Waals surface area contributed by atoms with Crippen molar-refractivity contribution in [2.24, 2.45) is 5.92 Å². The van der Waals surface area contributed by atoms with Gasteiger partial charge in [0.25, 0.3) is 0 Å². The molecule has 3 rings (SSSR count). The standard InChI is InChI=1S/C17H22ClN5O/c18-15-11-21-23(13-15)10-9-22-7-4-14(5-8-22)17(24)20-12-16-3-1-2-6-19-16/h1-3,6,11,13-14H,4-5,7-10,12H2,(H,20,24). The van der Waals surface area contributed by atoms with Crippen LogP contribution in [-0.4, -0.2) is 45.2 Å². The summed E-state index contributed by atoms with van der Waals surface area (Å²) in [7, 11) is 0. The molecule has 1 fully saturated rings. The molecule has 7 heteroatoms. The fourth-order valence-electron chi connectivity index (χ4n) is 2.95. The molecule has 1 N–H and O–H groups in total. The largest absolute Gasteiger partial charge is 0.350 e. The molecule has 0 radical (unpaired) electrons. The maximum atomic E-state index is 12.3. The Balaban J connectivity index is 1.37. The van der Waals surface area contributed by atoms with Gasteiger partial charge in [-0.1, -0.05) is 17.7 Å². The average molecular weight is 348 g/mol. The first kappa shape index (κ1) is 16.9. The molecule has 128 valence electrons. The van der Waals surface area contributed by atoms with Crippen molar-refractivity contribution < 1.29 is 4.79 Å². The van der Waals surface area contributed by atoms with Crippen LogP contribution >= 0.6 is 11.6 Å². The first-order valence-corrected chi connectivity index (χ1v) is 8.66. The van der Waals surface area contributed by atoms with Gasteiger partial charge in [-0.3, -0.25) is 14.5 Å². The third-order valence-corrected chi connectivity index (χ3v) is 4.57. The summed E-state index contributed by atoms with van der Waals surface area (Å²) in [5.41, 5.74) is 0.890. The molecule has 1 aliphatic rings. The number of halogens is 1. The molecule has 0 aromatic carbocycles. The van der Waals surface area contributed by atoms with Gasteiger partial charge in [0, 0.05) is 24.9 Å². The Morgan fingerprint density at radius 1 is 1.29 bits per heavy atom. The highest BCUT2D eigenvalue weighted by atomic mass is 35.5. The van der Waals surface area contributed by atoms with Gasteiger partial charge < -0.3 is 10.2 Å². The van der Waals surface area contributed by atoms with E-state index in [0.29, 0.717) is 11.6 Å². The normalized spacial score (nSPS) is 16.2. The van der Waals surface area contributed by atoms with Crippen molar-refractivity contribution in [1.29, 1.82) is 0 Å². The Morgan fingerprint density at radius 2 is 2.12 bits per heavy atom. The Morgan fingerprint density at radius 3 is 2.79 bits per heavy atom. The lowest BCUT2D eigenvalue weighted by Crippen LogP contribution is -2.41. The average Bonchev–Trinajstić information content (AvgIpc) is 3.04. The van der Waals surface area contributed by atoms with Crippen LogP contribution in [0.2, 0.25) is 5.02 Å². The number of amides is 1. The van der Waals surface area contributed by atoms with Crippen LogP contribution in [0.15, 0.2) is 36.8 Å². The van der Waals surface area contributed by atoms with Gasteiger partial charge in [-0.05, 0) is 38.1 Å². The summed E-state index contributed by atoms with van der Waals surface area (Å²) < 4.78 is 1.86. The van der Waals surface area contributed by atoms with E-state index in [0.717, 1.165) is 44.7 Å². The molecular formula is C17H22ClN5O. The molecule has 24 heavy (non-hydrogen) atoms. The molecule has 3 heterocycles. The lowest BCUT2D eigenvalue weighted by molar-refractivity contribution is -0.126. The molecule has 2 aromatic rings. The zero-order valence-corrected chi connectivity index (χ0v) is 14.3. The minimum Gasteiger partial charge on any atom is -0.350 e. The number of hydrogen-bond acceptors (Lipinski definition) is 4. The van der Waals surface area contributed by atoms with Gasteiger partial charge in [-0.2, -0.15) is 5.10 Å². The fourth-order valence-corrected chi connectivity index (χ4v) is 3.10. The number of carbonyl (C=O) groups excluding carboxylic acids is 1. The van der Waals surface area contributed by atoms with Crippen molar-refractivity contribution in [3.05, 3.63) is 47.5 Å². The predicted molar refractivity (Wildman–Crippen MR) is 92.5 cm³/mol. The summed E-state index contributed by atoms with van der Waals surface area (Å²) in [6, 6.07) is 5.72. The number of aromatic nitrogens is 3. The summed E-state index contributed by atoms with van der Waals surface area (Å²) >= 11 is 5.86. The molecule has 2 aromatic heterocycles. The van der Waals surface area contributed by atoms with Crippen LogP contribution in [0.25, 0.3) is 0 Å². The highest BCUT2D eigenvalue weighted by Gasteiger charge is 2.24. The van der Waals surface area contributed by atoms with Crippen molar-refractivity contribution in [3.8, 4) is 0 Å². The topological polar surface area (TPSA) is 63.1 Å². The number of hydrogen-bond donors (Lipinski definition) is 1. The van der Waals surface area contributed by atoms with Gasteiger partial charge in [0.15, 0.2) is 0 Å². The zero-order chi connectivity index (χ0) is 16.8. The molecule has 0 aliphatic carbocycles. The van der Waals surface area contributed by atoms with Crippen molar-refractivity contribution in [3.63, 3.8) is 0 Å². The van der Waals surface area contributed by atoms with Crippen LogP contribution in [0.4, 0.5) is 0 Å². The summed E-state index contributed by atoms with van der Waals surface area (Å²) in [6.45, 7) is 4.14. The lowest BCUT2D eigenvalue weighted by Gasteiger charge is -2.31. The van der Waals surface area contributed by atoms with Crippen LogP contribution in [0.3, 0.4) is 0 Å². The number of piperidine rings is 1. The second-order valence-corrected chi connectivity index (χ2v) is 6.51. The van der Waals surface area contributed by atoms with Crippen molar-refractivity contribution in [2.45, 2.75) is 25.9 Å². The zero-order valence-electron chi connectivity index (χ0n) is 13.6. The number of nitrogens with one attached hydrogen (secondary N) is 1. The van der Waals surface area contributed by atoms with Crippen LogP contribution < -0.4 is 5.32 Å². The van der Waals surface area contributed by atoms with Crippen LogP contribution in [0, 0.1) is 5.92 Å². The summed E-state index contributed by atoms with van der Waals surface area (Å²) in [6.07, 6.45) is 7.02. The van der Waals surface area contributed by atoms with E-state index >= 15 is 0 Å². The second kappa shape index (κ2) is 8.26. The van der Waals surface area contributed by atoms with Crippen LogP contribution in [0.1, 0.15) is 18.5 Å². The third-order valence-electron chi connectivity index (χ3n) is 4.38. The molecule has 6 nitrogen and oxygen atoms in total. The molecule has 1 saturated heterocycles. The second-order valence-electron chi connectivity index (χ2n) is 6.08. The number of pyridine rings is 1. The summed E-state index contributed by atoms with van der Waals surface area (Å²) in [4.78, 5) is 18.9. The highest BCUT2D eigenvalue weighted by molar-refractivity contribution is 6.30. The first-order valence-electron chi connectivity index (χ1n) is 8.28. The predicted octanol–water partition coefficient (Wildman–Crippen LogP) is 1.96. The molecular weight excluding hydrogens is 326 g/mol. The Labute approximate surface area is 146 Å². The Kier molecular flexibility index (Phi) is 5.82. The van der Waals surface area contributed by atoms with E-state index in [1.807, 2.05) is 29.1 Å². The fraction of sp³-hybridized carbons (Fsp3) is 0.471. The van der Waals surface area contributed by atoms with E-state index < -0.39 is 0 Å². The van der Waals surface area contributed by atoms with Gasteiger partial charge in [-0.15, -0.1) is 0 Å². The molecule has 0 unspecified atom stereocenters. The molecule has 0 spiro atoms. The molecule has 0 saturated carbocycles.